The minimum atomic E-state index is -0.954. The molecule has 516 valence electrons. The molecule has 37 N–H and O–H groups in total. The first-order valence-corrected chi connectivity index (χ1v) is 24.5. The SMILES string of the molecule is CCCCCCCC(=O)O.OCC(O)CO.OCC(O)CO.OCC(O)CO.OCC(O)CO.OCC(O)CO.OCC(O)CO.OCC(O)CO.OCC(O)CO.OCC(O)CO.OCC(O)CO.OCC(O)CO.OCC(O)CO. The summed E-state index contributed by atoms with van der Waals surface area (Å²) in [5, 5.41) is 296. The Morgan fingerprint density at radius 2 is 0.305 bits per heavy atom. The van der Waals surface area contributed by atoms with Crippen LogP contribution in [0, 0.1) is 0 Å². The molecule has 0 aliphatic carbocycles. The molecule has 0 amide bonds. The highest BCUT2D eigenvalue weighted by atomic mass is 16.4. The van der Waals surface area contributed by atoms with Crippen molar-refractivity contribution >= 4 is 5.97 Å². The maximum atomic E-state index is 10.0. The van der Waals surface area contributed by atoms with Crippen LogP contribution in [0.1, 0.15) is 45.4 Å². The van der Waals surface area contributed by atoms with Crippen LogP contribution in [-0.2, 0) is 4.79 Å². The van der Waals surface area contributed by atoms with Crippen molar-refractivity contribution in [3.63, 3.8) is 0 Å². The summed E-state index contributed by atoms with van der Waals surface area (Å²) in [7, 11) is 0. The van der Waals surface area contributed by atoms with Gasteiger partial charge in [0, 0.05) is 6.42 Å². The van der Waals surface area contributed by atoms with E-state index in [0.29, 0.717) is 6.42 Å². The normalized spacial score (nSPS) is 9.96. The molecule has 38 heteroatoms. The second kappa shape index (κ2) is 107. The molecule has 38 nitrogen and oxygen atoms in total. The zero-order chi connectivity index (χ0) is 67.7. The van der Waals surface area contributed by atoms with E-state index in [1.807, 2.05) is 0 Å². The smallest absolute Gasteiger partial charge is 0.303 e. The van der Waals surface area contributed by atoms with Gasteiger partial charge in [-0.25, -0.2) is 0 Å². The number of carbonyl (C=O) groups is 1. The molecule has 0 fully saturated rings. The Morgan fingerprint density at radius 1 is 0.207 bits per heavy atom. The van der Waals surface area contributed by atoms with E-state index < -0.39 is 79.2 Å². The quantitative estimate of drug-likeness (QED) is 0.0297. The summed E-state index contributed by atoms with van der Waals surface area (Å²) in [6, 6.07) is 0. The number of carboxylic acid groups (broad SMARTS) is 1. The monoisotopic (exact) mass is 1250 g/mol. The van der Waals surface area contributed by atoms with Crippen LogP contribution in [0.25, 0.3) is 0 Å². The van der Waals surface area contributed by atoms with Crippen molar-refractivity contribution in [2.45, 2.75) is 119 Å². The number of hydrogen-bond acceptors (Lipinski definition) is 37. The second-order valence-electron chi connectivity index (χ2n) is 14.8. The minimum Gasteiger partial charge on any atom is -0.481 e. The van der Waals surface area contributed by atoms with Gasteiger partial charge in [-0.1, -0.05) is 32.6 Å². The Labute approximate surface area is 476 Å². The van der Waals surface area contributed by atoms with Crippen LogP contribution in [-0.4, -0.2) is 427 Å². The third kappa shape index (κ3) is 165. The van der Waals surface area contributed by atoms with E-state index in [1.165, 1.54) is 19.3 Å². The molecule has 0 aliphatic rings. The first kappa shape index (κ1) is 111. The molecule has 0 saturated heterocycles. The Balaban J connectivity index is -0.0000000574. The lowest BCUT2D eigenvalue weighted by atomic mass is 10.1. The van der Waals surface area contributed by atoms with Crippen molar-refractivity contribution in [1.82, 2.24) is 0 Å². The molecule has 0 atom stereocenters. The molecule has 0 spiro atoms. The number of aliphatic hydroxyl groups excluding tert-OH is 36. The van der Waals surface area contributed by atoms with Gasteiger partial charge in [-0.2, -0.15) is 0 Å². The molecule has 0 saturated carbocycles. The van der Waals surface area contributed by atoms with Crippen LogP contribution < -0.4 is 0 Å². The summed E-state index contributed by atoms with van der Waals surface area (Å²) in [6.07, 6.45) is -5.56. The van der Waals surface area contributed by atoms with E-state index in [4.69, 9.17) is 189 Å². The van der Waals surface area contributed by atoms with Crippen LogP contribution >= 0.6 is 0 Å². The topological polar surface area (TPSA) is 766 Å². The van der Waals surface area contributed by atoms with Crippen molar-refractivity contribution in [3.05, 3.63) is 0 Å². The van der Waals surface area contributed by atoms with E-state index in [2.05, 4.69) is 6.92 Å². The van der Waals surface area contributed by atoms with Gasteiger partial charge in [-0.3, -0.25) is 4.79 Å². The fourth-order valence-corrected chi connectivity index (χ4v) is 1.57. The lowest BCUT2D eigenvalue weighted by Gasteiger charge is -1.96. The van der Waals surface area contributed by atoms with Gasteiger partial charge in [0.25, 0.3) is 0 Å². The summed E-state index contributed by atoms with van der Waals surface area (Å²) in [4.78, 5) is 10.0. The molecule has 0 unspecified atom stereocenters. The van der Waals surface area contributed by atoms with Crippen LogP contribution in [0.15, 0.2) is 0 Å². The molecule has 0 rings (SSSR count). The molecule has 82 heavy (non-hydrogen) atoms. The largest absolute Gasteiger partial charge is 0.481 e. The van der Waals surface area contributed by atoms with Crippen molar-refractivity contribution in [2.24, 2.45) is 0 Å². The average molecular weight is 1250 g/mol. The average Bonchev–Trinajstić information content (AvgIpc) is 3.53. The highest BCUT2D eigenvalue weighted by Gasteiger charge is 2.00. The molecule has 0 radical (unpaired) electrons. The standard InChI is InChI=1S/C8H16O2.12C3H8O3/c1-2-3-4-5-6-7-8(9)10;12*4-1-3(6)2-5/h2-7H2,1H3,(H,9,10);12*3-6H,1-2H2. The second-order valence-corrected chi connectivity index (χ2v) is 14.8. The molecule has 0 aromatic heterocycles. The number of unbranched alkanes of at least 4 members (excludes halogenated alkanes) is 4. The zero-order valence-electron chi connectivity index (χ0n) is 46.6. The summed E-state index contributed by atoms with van der Waals surface area (Å²) in [5.41, 5.74) is 0. The first-order chi connectivity index (χ1) is 38.5. The highest BCUT2D eigenvalue weighted by molar-refractivity contribution is 5.66. The van der Waals surface area contributed by atoms with Crippen molar-refractivity contribution in [1.29, 1.82) is 0 Å². The Bertz CT molecular complexity index is 703. The Kier molecular flexibility index (Phi) is 145. The van der Waals surface area contributed by atoms with Crippen molar-refractivity contribution in [2.75, 3.05) is 159 Å². The minimum absolute atomic E-state index is 0.337. The van der Waals surface area contributed by atoms with E-state index in [9.17, 15) is 4.79 Å². The van der Waals surface area contributed by atoms with E-state index >= 15 is 0 Å². The van der Waals surface area contributed by atoms with E-state index in [1.54, 1.807) is 0 Å². The van der Waals surface area contributed by atoms with E-state index in [-0.39, 0.29) is 159 Å². The summed E-state index contributed by atoms with van der Waals surface area (Å²) < 4.78 is 0. The highest BCUT2D eigenvalue weighted by Crippen LogP contribution is 2.04. The maximum absolute atomic E-state index is 10.0. The molecule has 0 aromatic carbocycles. The number of aliphatic hydroxyl groups is 36. The maximum Gasteiger partial charge on any atom is 0.303 e. The van der Waals surface area contributed by atoms with Gasteiger partial charge >= 0.3 is 5.97 Å². The van der Waals surface area contributed by atoms with E-state index in [0.717, 1.165) is 12.8 Å². The molecule has 0 aliphatic heterocycles. The van der Waals surface area contributed by atoms with Crippen molar-refractivity contribution in [3.8, 4) is 0 Å². The van der Waals surface area contributed by atoms with Crippen LogP contribution in [0.4, 0.5) is 0 Å². The fourth-order valence-electron chi connectivity index (χ4n) is 1.57. The number of hydrogen-bond donors (Lipinski definition) is 37. The van der Waals surface area contributed by atoms with Crippen LogP contribution in [0.3, 0.4) is 0 Å². The lowest BCUT2D eigenvalue weighted by Crippen LogP contribution is -2.15. The Hall–Kier alpha value is -1.97. The number of aliphatic carboxylic acids is 1. The third-order valence-corrected chi connectivity index (χ3v) is 6.55. The van der Waals surface area contributed by atoms with Gasteiger partial charge < -0.3 is 189 Å². The predicted molar refractivity (Wildman–Crippen MR) is 283 cm³/mol. The predicted octanol–water partition coefficient (Wildman–Crippen LogP) is -17.6. The molecule has 0 heterocycles. The summed E-state index contributed by atoms with van der Waals surface area (Å²) in [5.74, 6) is -0.670. The first-order valence-electron chi connectivity index (χ1n) is 24.5. The van der Waals surface area contributed by atoms with Crippen LogP contribution in [0.5, 0.6) is 0 Å². The van der Waals surface area contributed by atoms with Gasteiger partial charge in [-0.05, 0) is 6.42 Å². The molecular formula is C44H112O38. The van der Waals surface area contributed by atoms with Gasteiger partial charge in [-0.15, -0.1) is 0 Å². The number of carboxylic acids is 1. The van der Waals surface area contributed by atoms with Crippen LogP contribution in [0.2, 0.25) is 0 Å². The molecular weight excluding hydrogens is 1140 g/mol. The summed E-state index contributed by atoms with van der Waals surface area (Å²) >= 11 is 0. The van der Waals surface area contributed by atoms with Gasteiger partial charge in [0.15, 0.2) is 0 Å². The van der Waals surface area contributed by atoms with Crippen molar-refractivity contribution < 1.29 is 194 Å². The molecule has 0 aromatic rings. The summed E-state index contributed by atoms with van der Waals surface area (Å²) in [6.45, 7) is -6.60. The fraction of sp³-hybridized carbons (Fsp3) is 0.977. The Morgan fingerprint density at radius 3 is 0.366 bits per heavy atom. The van der Waals surface area contributed by atoms with Gasteiger partial charge in [0.1, 0.15) is 73.2 Å². The number of rotatable bonds is 30. The molecule has 0 bridgehead atoms. The lowest BCUT2D eigenvalue weighted by molar-refractivity contribution is -0.137. The van der Waals surface area contributed by atoms with Gasteiger partial charge in [0.05, 0.1) is 159 Å². The third-order valence-electron chi connectivity index (χ3n) is 6.55. The zero-order valence-corrected chi connectivity index (χ0v) is 46.6. The van der Waals surface area contributed by atoms with Gasteiger partial charge in [0.2, 0.25) is 0 Å².